The fourth-order valence-electron chi connectivity index (χ4n) is 4.46. The maximum atomic E-state index is 4.63. The van der Waals surface area contributed by atoms with Crippen molar-refractivity contribution < 1.29 is 0 Å². The van der Waals surface area contributed by atoms with Crippen LogP contribution in [-0.4, -0.2) is 59.1 Å². The highest BCUT2D eigenvalue weighted by Crippen LogP contribution is 2.37. The molecule has 0 bridgehead atoms. The number of likely N-dealkylation sites (N-methyl/N-ethyl adjacent to an activating group) is 1. The molecule has 0 spiro atoms. The highest BCUT2D eigenvalue weighted by Gasteiger charge is 2.26. The largest absolute Gasteiger partial charge is 0.369 e. The molecular formula is C26H30N6. The smallest absolute Gasteiger partial charge is 0.137 e. The third-order valence-corrected chi connectivity index (χ3v) is 6.35. The van der Waals surface area contributed by atoms with Crippen LogP contribution in [-0.2, 0) is 0 Å². The van der Waals surface area contributed by atoms with Crippen LogP contribution in [0.15, 0.2) is 67.1 Å². The molecule has 4 aromatic rings. The van der Waals surface area contributed by atoms with E-state index in [2.05, 4.69) is 79.9 Å². The Morgan fingerprint density at radius 2 is 1.81 bits per heavy atom. The number of hydrogen-bond acceptors (Lipinski definition) is 5. The third-order valence-electron chi connectivity index (χ3n) is 6.35. The topological polar surface area (TPSA) is 68.9 Å². The standard InChI is InChI=1S/C20H16N4.C6H14N2/c1-2-4-13(5-3-1)15-9-17-18(12-24-20(17)23-10-15)16-8-14-6-7-21-19(14)22-11-16;1-2-8-5-3-7-4-6-8/h1-11,18H,12H2,(H,21,22)(H,23,24);7H,2-6H2,1H3. The van der Waals surface area contributed by atoms with Crippen LogP contribution in [0, 0.1) is 0 Å². The van der Waals surface area contributed by atoms with Crippen LogP contribution in [0.1, 0.15) is 24.0 Å². The second kappa shape index (κ2) is 9.51. The minimum Gasteiger partial charge on any atom is -0.369 e. The first-order valence-electron chi connectivity index (χ1n) is 11.5. The van der Waals surface area contributed by atoms with Gasteiger partial charge in [-0.05, 0) is 35.9 Å². The highest BCUT2D eigenvalue weighted by molar-refractivity contribution is 5.76. The Kier molecular flexibility index (Phi) is 6.14. The molecule has 0 radical (unpaired) electrons. The molecule has 32 heavy (non-hydrogen) atoms. The van der Waals surface area contributed by atoms with Crippen molar-refractivity contribution in [2.75, 3.05) is 44.6 Å². The number of benzene rings is 1. The zero-order chi connectivity index (χ0) is 21.8. The fourth-order valence-corrected chi connectivity index (χ4v) is 4.46. The number of rotatable bonds is 3. The van der Waals surface area contributed by atoms with Gasteiger partial charge in [-0.25, -0.2) is 9.97 Å². The van der Waals surface area contributed by atoms with Crippen molar-refractivity contribution in [3.63, 3.8) is 0 Å². The first-order valence-corrected chi connectivity index (χ1v) is 11.5. The van der Waals surface area contributed by atoms with E-state index in [1.807, 2.05) is 24.7 Å². The van der Waals surface area contributed by atoms with Gasteiger partial charge >= 0.3 is 0 Å². The first-order chi connectivity index (χ1) is 15.8. The van der Waals surface area contributed by atoms with Crippen LogP contribution in [0.2, 0.25) is 0 Å². The van der Waals surface area contributed by atoms with E-state index in [0.717, 1.165) is 29.0 Å². The number of aromatic nitrogens is 3. The molecule has 6 rings (SSSR count). The maximum Gasteiger partial charge on any atom is 0.137 e. The van der Waals surface area contributed by atoms with E-state index < -0.39 is 0 Å². The SMILES string of the molecule is CCN1CCNCC1.c1ccc(-c2cnc3c(c2)C(c2cnc4[nH]ccc4c2)CN3)cc1. The van der Waals surface area contributed by atoms with Gasteiger partial charge in [0.1, 0.15) is 11.5 Å². The summed E-state index contributed by atoms with van der Waals surface area (Å²) in [6.07, 6.45) is 5.84. The van der Waals surface area contributed by atoms with Crippen molar-refractivity contribution in [1.29, 1.82) is 0 Å². The zero-order valence-corrected chi connectivity index (χ0v) is 18.5. The summed E-state index contributed by atoms with van der Waals surface area (Å²) < 4.78 is 0. The maximum absolute atomic E-state index is 4.63. The van der Waals surface area contributed by atoms with E-state index in [1.54, 1.807) is 0 Å². The summed E-state index contributed by atoms with van der Waals surface area (Å²) in [5.74, 6) is 1.26. The number of fused-ring (bicyclic) bond motifs is 2. The number of anilines is 1. The number of nitrogens with zero attached hydrogens (tertiary/aromatic N) is 3. The number of H-pyrrole nitrogens is 1. The lowest BCUT2D eigenvalue weighted by Gasteiger charge is -2.25. The van der Waals surface area contributed by atoms with Gasteiger partial charge in [0.15, 0.2) is 0 Å². The lowest BCUT2D eigenvalue weighted by atomic mass is 9.93. The quantitative estimate of drug-likeness (QED) is 0.460. The minimum atomic E-state index is 0.281. The number of pyridine rings is 2. The lowest BCUT2D eigenvalue weighted by Crippen LogP contribution is -2.43. The Bertz CT molecular complexity index is 1160. The number of aromatic amines is 1. The molecule has 1 atom stereocenters. The highest BCUT2D eigenvalue weighted by atomic mass is 15.2. The van der Waals surface area contributed by atoms with Crippen molar-refractivity contribution in [2.24, 2.45) is 0 Å². The van der Waals surface area contributed by atoms with Crippen LogP contribution < -0.4 is 10.6 Å². The van der Waals surface area contributed by atoms with E-state index in [0.29, 0.717) is 0 Å². The third kappa shape index (κ3) is 4.38. The van der Waals surface area contributed by atoms with E-state index in [-0.39, 0.29) is 5.92 Å². The lowest BCUT2D eigenvalue weighted by molar-refractivity contribution is 0.253. The number of piperazine rings is 1. The van der Waals surface area contributed by atoms with Crippen LogP contribution in [0.25, 0.3) is 22.2 Å². The van der Waals surface area contributed by atoms with E-state index >= 15 is 0 Å². The Balaban J connectivity index is 0.000000230. The summed E-state index contributed by atoms with van der Waals surface area (Å²) >= 11 is 0. The van der Waals surface area contributed by atoms with Crippen LogP contribution in [0.3, 0.4) is 0 Å². The average Bonchev–Trinajstić information content (AvgIpc) is 3.51. The second-order valence-electron chi connectivity index (χ2n) is 8.33. The van der Waals surface area contributed by atoms with Gasteiger partial charge < -0.3 is 20.5 Å². The van der Waals surface area contributed by atoms with Crippen LogP contribution >= 0.6 is 0 Å². The molecule has 1 aromatic carbocycles. The Labute approximate surface area is 189 Å². The van der Waals surface area contributed by atoms with E-state index in [1.165, 1.54) is 49.4 Å². The van der Waals surface area contributed by atoms with Gasteiger partial charge in [0.2, 0.25) is 0 Å². The average molecular weight is 427 g/mol. The van der Waals surface area contributed by atoms with Gasteiger partial charge in [-0.3, -0.25) is 0 Å². The number of hydrogen-bond donors (Lipinski definition) is 3. The van der Waals surface area contributed by atoms with Gasteiger partial charge in [-0.15, -0.1) is 0 Å². The van der Waals surface area contributed by atoms with Gasteiger partial charge in [0.05, 0.1) is 0 Å². The zero-order valence-electron chi connectivity index (χ0n) is 18.5. The van der Waals surface area contributed by atoms with Crippen molar-refractivity contribution in [3.05, 3.63) is 78.2 Å². The molecule has 0 saturated carbocycles. The second-order valence-corrected chi connectivity index (χ2v) is 8.33. The predicted molar refractivity (Wildman–Crippen MR) is 131 cm³/mol. The fraction of sp³-hybridized carbons (Fsp3) is 0.308. The number of nitrogens with one attached hydrogen (secondary N) is 3. The summed E-state index contributed by atoms with van der Waals surface area (Å²) in [5.41, 5.74) is 5.74. The molecular weight excluding hydrogens is 396 g/mol. The molecule has 1 fully saturated rings. The van der Waals surface area contributed by atoms with Gasteiger partial charge in [0.25, 0.3) is 0 Å². The summed E-state index contributed by atoms with van der Waals surface area (Å²) in [6, 6.07) is 16.9. The molecule has 1 saturated heterocycles. The van der Waals surface area contributed by atoms with Gasteiger partial charge in [-0.1, -0.05) is 37.3 Å². The summed E-state index contributed by atoms with van der Waals surface area (Å²) in [6.45, 7) is 9.10. The van der Waals surface area contributed by atoms with Crippen molar-refractivity contribution in [1.82, 2.24) is 25.2 Å². The van der Waals surface area contributed by atoms with Gasteiger partial charge in [0, 0.05) is 73.7 Å². The van der Waals surface area contributed by atoms with Crippen LogP contribution in [0.4, 0.5) is 5.82 Å². The van der Waals surface area contributed by atoms with Crippen molar-refractivity contribution in [3.8, 4) is 11.1 Å². The molecule has 6 heteroatoms. The van der Waals surface area contributed by atoms with E-state index in [9.17, 15) is 0 Å². The molecule has 0 aliphatic carbocycles. The van der Waals surface area contributed by atoms with Gasteiger partial charge in [-0.2, -0.15) is 0 Å². The monoisotopic (exact) mass is 426 g/mol. The molecule has 6 nitrogen and oxygen atoms in total. The normalized spacial score (nSPS) is 18.0. The van der Waals surface area contributed by atoms with Crippen LogP contribution in [0.5, 0.6) is 0 Å². The first kappa shape index (κ1) is 20.7. The molecule has 2 aliphatic heterocycles. The summed E-state index contributed by atoms with van der Waals surface area (Å²) in [5, 5.41) is 7.88. The molecule has 0 amide bonds. The molecule has 3 aromatic heterocycles. The Morgan fingerprint density at radius 1 is 0.969 bits per heavy atom. The van der Waals surface area contributed by atoms with Crippen molar-refractivity contribution >= 4 is 16.9 Å². The molecule has 2 aliphatic rings. The Morgan fingerprint density at radius 3 is 2.59 bits per heavy atom. The predicted octanol–water partition coefficient (Wildman–Crippen LogP) is 4.09. The van der Waals surface area contributed by atoms with Crippen molar-refractivity contribution in [2.45, 2.75) is 12.8 Å². The summed E-state index contributed by atoms with van der Waals surface area (Å²) in [4.78, 5) is 14.8. The summed E-state index contributed by atoms with van der Waals surface area (Å²) in [7, 11) is 0. The Hall–Kier alpha value is -3.22. The minimum absolute atomic E-state index is 0.281. The molecule has 5 heterocycles. The van der Waals surface area contributed by atoms with E-state index in [4.69, 9.17) is 0 Å². The molecule has 3 N–H and O–H groups in total. The molecule has 1 unspecified atom stereocenters. The molecule has 164 valence electrons.